The summed E-state index contributed by atoms with van der Waals surface area (Å²) in [6.45, 7) is 2.80. The summed E-state index contributed by atoms with van der Waals surface area (Å²) in [5, 5.41) is 24.7. The number of nitrogen functional groups attached to an aromatic ring is 1. The van der Waals surface area contributed by atoms with Crippen molar-refractivity contribution < 1.29 is 4.39 Å². The van der Waals surface area contributed by atoms with Crippen LogP contribution in [0.15, 0.2) is 48.9 Å². The topological polar surface area (TPSA) is 149 Å². The van der Waals surface area contributed by atoms with Crippen molar-refractivity contribution in [2.24, 2.45) is 0 Å². The molecular formula is C24H22FN9. The second-order valence-corrected chi connectivity index (χ2v) is 7.36. The van der Waals surface area contributed by atoms with E-state index in [1.807, 2.05) is 25.1 Å². The Balaban J connectivity index is 1.83. The van der Waals surface area contributed by atoms with E-state index in [-0.39, 0.29) is 17.2 Å². The Labute approximate surface area is 195 Å². The lowest BCUT2D eigenvalue weighted by atomic mass is 9.95. The van der Waals surface area contributed by atoms with Gasteiger partial charge in [-0.3, -0.25) is 15.4 Å². The van der Waals surface area contributed by atoms with E-state index in [0.29, 0.717) is 58.7 Å². The molecule has 0 spiro atoms. The van der Waals surface area contributed by atoms with Gasteiger partial charge in [0.05, 0.1) is 16.9 Å². The maximum Gasteiger partial charge on any atom is 0.149 e. The monoisotopic (exact) mass is 455 g/mol. The first-order valence-corrected chi connectivity index (χ1v) is 10.6. The molecule has 0 saturated carbocycles. The number of nitrogens with zero attached hydrogens (tertiary/aromatic N) is 5. The molecule has 0 aliphatic heterocycles. The summed E-state index contributed by atoms with van der Waals surface area (Å²) < 4.78 is 14.2. The number of nitrogens with two attached hydrogens (primary N) is 1. The number of pyridine rings is 2. The van der Waals surface area contributed by atoms with Crippen LogP contribution in [0.25, 0.3) is 22.2 Å². The molecule has 5 N–H and O–H groups in total. The molecule has 0 radical (unpaired) electrons. The fraction of sp³-hybridized carbons (Fsp3) is 0.167. The molecule has 0 saturated heterocycles. The number of nitriles is 1. The molecule has 0 aliphatic rings. The van der Waals surface area contributed by atoms with Crippen LogP contribution in [-0.4, -0.2) is 38.9 Å². The summed E-state index contributed by atoms with van der Waals surface area (Å²) >= 11 is 0. The predicted molar refractivity (Wildman–Crippen MR) is 129 cm³/mol. The number of hydrogen-bond acceptors (Lipinski definition) is 8. The molecule has 4 rings (SSSR count). The Morgan fingerprint density at radius 2 is 2.06 bits per heavy atom. The number of amidine groups is 1. The second-order valence-electron chi connectivity index (χ2n) is 7.36. The molecule has 3 aromatic heterocycles. The van der Waals surface area contributed by atoms with Gasteiger partial charge in [0, 0.05) is 42.2 Å². The summed E-state index contributed by atoms with van der Waals surface area (Å²) in [6.07, 6.45) is 3.37. The molecule has 1 aromatic carbocycles. The van der Waals surface area contributed by atoms with Crippen molar-refractivity contribution in [1.82, 2.24) is 25.3 Å². The van der Waals surface area contributed by atoms with E-state index in [2.05, 4.69) is 25.6 Å². The van der Waals surface area contributed by atoms with Gasteiger partial charge < -0.3 is 16.4 Å². The molecule has 4 aromatic rings. The van der Waals surface area contributed by atoms with Crippen LogP contribution in [0.5, 0.6) is 0 Å². The third-order valence-electron chi connectivity index (χ3n) is 5.19. The minimum Gasteiger partial charge on any atom is -0.382 e. The summed E-state index contributed by atoms with van der Waals surface area (Å²) in [5.74, 6) is 0.177. The number of aromatic nitrogens is 4. The molecule has 3 heterocycles. The largest absolute Gasteiger partial charge is 0.382 e. The molecule has 0 fully saturated rings. The maximum atomic E-state index is 14.2. The zero-order chi connectivity index (χ0) is 24.1. The highest BCUT2D eigenvalue weighted by Gasteiger charge is 2.21. The van der Waals surface area contributed by atoms with E-state index in [9.17, 15) is 9.65 Å². The molecule has 170 valence electrons. The van der Waals surface area contributed by atoms with Crippen LogP contribution in [0.3, 0.4) is 0 Å². The predicted octanol–water partition coefficient (Wildman–Crippen LogP) is 3.27. The number of halogens is 1. The van der Waals surface area contributed by atoms with Gasteiger partial charge in [0.15, 0.2) is 0 Å². The fourth-order valence-corrected chi connectivity index (χ4v) is 3.72. The molecule has 0 bridgehead atoms. The van der Waals surface area contributed by atoms with E-state index < -0.39 is 5.82 Å². The lowest BCUT2D eigenvalue weighted by Crippen LogP contribution is -2.25. The number of fused-ring (bicyclic) bond motifs is 1. The van der Waals surface area contributed by atoms with Gasteiger partial charge in [-0.2, -0.15) is 5.26 Å². The van der Waals surface area contributed by atoms with E-state index in [1.165, 1.54) is 18.5 Å². The van der Waals surface area contributed by atoms with Gasteiger partial charge >= 0.3 is 0 Å². The van der Waals surface area contributed by atoms with E-state index in [0.717, 1.165) is 0 Å². The van der Waals surface area contributed by atoms with Gasteiger partial charge in [-0.25, -0.2) is 14.4 Å². The van der Waals surface area contributed by atoms with Gasteiger partial charge in [0.2, 0.25) is 0 Å². The van der Waals surface area contributed by atoms with Crippen LogP contribution in [0, 0.1) is 22.6 Å². The van der Waals surface area contributed by atoms with E-state index >= 15 is 0 Å². The molecule has 10 heteroatoms. The van der Waals surface area contributed by atoms with Crippen molar-refractivity contribution in [3.8, 4) is 17.3 Å². The number of rotatable bonds is 7. The third-order valence-corrected chi connectivity index (χ3v) is 5.19. The summed E-state index contributed by atoms with van der Waals surface area (Å²) in [4.78, 5) is 17.2. The first-order valence-electron chi connectivity index (χ1n) is 10.6. The summed E-state index contributed by atoms with van der Waals surface area (Å²) in [7, 11) is 0. The highest BCUT2D eigenvalue weighted by Crippen LogP contribution is 2.32. The average Bonchev–Trinajstić information content (AvgIpc) is 2.84. The molecular weight excluding hydrogens is 433 g/mol. The quantitative estimate of drug-likeness (QED) is 0.245. The van der Waals surface area contributed by atoms with Crippen molar-refractivity contribution in [1.29, 1.82) is 10.7 Å². The molecule has 0 aliphatic carbocycles. The standard InChI is InChI=1S/C24H22FN9/c1-2-29-23(28)20-15-11-14(25)6-7-17(15)34-19(21(20)18-5-3-4-9-30-18)8-10-31-24-16(12-26)22(27)32-13-33-24/h3-7,9,11,13H,2,8,10H2,1H3,(H2,28,29)(H3,27,31,32,33). The minimum absolute atomic E-state index is 0.0985. The Morgan fingerprint density at radius 3 is 2.79 bits per heavy atom. The second kappa shape index (κ2) is 9.87. The Kier molecular flexibility index (Phi) is 6.54. The highest BCUT2D eigenvalue weighted by atomic mass is 19.1. The zero-order valence-electron chi connectivity index (χ0n) is 18.4. The van der Waals surface area contributed by atoms with Gasteiger partial charge in [-0.15, -0.1) is 0 Å². The number of hydrogen-bond donors (Lipinski definition) is 4. The van der Waals surface area contributed by atoms with Gasteiger partial charge in [0.1, 0.15) is 41.2 Å². The molecule has 34 heavy (non-hydrogen) atoms. The maximum absolute atomic E-state index is 14.2. The van der Waals surface area contributed by atoms with Gasteiger partial charge in [0.25, 0.3) is 0 Å². The Hall–Kier alpha value is -4.65. The summed E-state index contributed by atoms with van der Waals surface area (Å²) in [6, 6.07) is 11.8. The van der Waals surface area contributed by atoms with Crippen LogP contribution in [0.1, 0.15) is 23.7 Å². The third kappa shape index (κ3) is 4.45. The average molecular weight is 456 g/mol. The molecule has 0 unspecified atom stereocenters. The lowest BCUT2D eigenvalue weighted by molar-refractivity contribution is 0.629. The normalized spacial score (nSPS) is 10.6. The number of nitrogens with one attached hydrogen (secondary N) is 3. The van der Waals surface area contributed by atoms with Crippen molar-refractivity contribution in [3.63, 3.8) is 0 Å². The van der Waals surface area contributed by atoms with Crippen LogP contribution in [-0.2, 0) is 6.42 Å². The van der Waals surface area contributed by atoms with Crippen LogP contribution in [0.2, 0.25) is 0 Å². The van der Waals surface area contributed by atoms with E-state index in [4.69, 9.17) is 16.1 Å². The van der Waals surface area contributed by atoms with Crippen molar-refractivity contribution >= 4 is 28.4 Å². The van der Waals surface area contributed by atoms with E-state index in [1.54, 1.807) is 18.3 Å². The lowest BCUT2D eigenvalue weighted by Gasteiger charge is -2.18. The Morgan fingerprint density at radius 1 is 1.21 bits per heavy atom. The molecule has 0 atom stereocenters. The number of benzene rings is 1. The van der Waals surface area contributed by atoms with Crippen molar-refractivity contribution in [2.75, 3.05) is 24.1 Å². The fourth-order valence-electron chi connectivity index (χ4n) is 3.72. The van der Waals surface area contributed by atoms with Gasteiger partial charge in [-0.05, 0) is 37.3 Å². The first kappa shape index (κ1) is 22.5. The Bertz CT molecular complexity index is 1400. The van der Waals surface area contributed by atoms with Gasteiger partial charge in [-0.1, -0.05) is 6.07 Å². The minimum atomic E-state index is -0.411. The molecule has 0 amide bonds. The van der Waals surface area contributed by atoms with Crippen LogP contribution < -0.4 is 16.4 Å². The number of anilines is 2. The highest BCUT2D eigenvalue weighted by molar-refractivity contribution is 6.12. The summed E-state index contributed by atoms with van der Waals surface area (Å²) in [5.41, 5.74) is 8.98. The molecule has 9 nitrogen and oxygen atoms in total. The van der Waals surface area contributed by atoms with Crippen molar-refractivity contribution in [2.45, 2.75) is 13.3 Å². The first-order chi connectivity index (χ1) is 16.5. The SMILES string of the molecule is CCNC(=N)c1c(-c2ccccn2)c(CCNc2ncnc(N)c2C#N)nc2ccc(F)cc12. The van der Waals surface area contributed by atoms with Crippen LogP contribution >= 0.6 is 0 Å². The van der Waals surface area contributed by atoms with Crippen molar-refractivity contribution in [3.05, 3.63) is 71.6 Å². The van der Waals surface area contributed by atoms with Crippen LogP contribution in [0.4, 0.5) is 16.0 Å². The smallest absolute Gasteiger partial charge is 0.149 e. The zero-order valence-corrected chi connectivity index (χ0v) is 18.4.